The van der Waals surface area contributed by atoms with Gasteiger partial charge in [0.25, 0.3) is 0 Å². The van der Waals surface area contributed by atoms with Crippen LogP contribution >= 0.6 is 0 Å². The van der Waals surface area contributed by atoms with Crippen molar-refractivity contribution < 1.29 is 0 Å². The zero-order valence-corrected chi connectivity index (χ0v) is 11.0. The van der Waals surface area contributed by atoms with Gasteiger partial charge in [0.05, 0.1) is 6.20 Å². The fraction of sp³-hybridized carbons (Fsp3) is 0.636. The van der Waals surface area contributed by atoms with Crippen LogP contribution in [0.2, 0.25) is 0 Å². The van der Waals surface area contributed by atoms with E-state index in [0.29, 0.717) is 11.9 Å². The highest BCUT2D eigenvalue weighted by molar-refractivity contribution is 5.79. The molecule has 0 saturated carbocycles. The molecule has 3 N–H and O–H groups in total. The number of aryl methyl sites for hydroxylation is 1. The normalized spacial score (nSPS) is 12.0. The summed E-state index contributed by atoms with van der Waals surface area (Å²) in [5.41, 5.74) is 3.76. The summed E-state index contributed by atoms with van der Waals surface area (Å²) >= 11 is 0. The molecule has 0 bridgehead atoms. The average molecular weight is 238 g/mol. The van der Waals surface area contributed by atoms with Crippen LogP contribution in [0.1, 0.15) is 19.4 Å². The minimum Gasteiger partial charge on any atom is -0.341 e. The summed E-state index contributed by atoms with van der Waals surface area (Å²) in [5.74, 6) is 6.69. The molecule has 0 amide bonds. The minimum absolute atomic E-state index is 0.519. The van der Waals surface area contributed by atoms with Gasteiger partial charge >= 0.3 is 0 Å². The van der Waals surface area contributed by atoms with Crippen molar-refractivity contribution in [3.05, 3.63) is 18.0 Å². The van der Waals surface area contributed by atoms with Crippen LogP contribution in [0.4, 0.5) is 0 Å². The number of hydrogen-bond donors (Lipinski definition) is 2. The molecule has 0 aliphatic rings. The van der Waals surface area contributed by atoms with E-state index in [1.165, 1.54) is 0 Å². The smallest absolute Gasteiger partial charge is 0.208 e. The van der Waals surface area contributed by atoms with Gasteiger partial charge in [-0.25, -0.2) is 5.84 Å². The Balaban J connectivity index is 2.60. The first-order chi connectivity index (χ1) is 8.02. The van der Waals surface area contributed by atoms with Gasteiger partial charge in [0, 0.05) is 38.9 Å². The van der Waals surface area contributed by atoms with Gasteiger partial charge in [-0.05, 0) is 5.92 Å². The lowest BCUT2D eigenvalue weighted by Gasteiger charge is -2.20. The average Bonchev–Trinajstić information content (AvgIpc) is 2.64. The van der Waals surface area contributed by atoms with Crippen molar-refractivity contribution in [2.45, 2.75) is 20.4 Å². The third-order valence-corrected chi connectivity index (χ3v) is 2.27. The van der Waals surface area contributed by atoms with Crippen molar-refractivity contribution in [2.75, 3.05) is 13.6 Å². The summed E-state index contributed by atoms with van der Waals surface area (Å²) in [5, 5.41) is 4.13. The van der Waals surface area contributed by atoms with Crippen molar-refractivity contribution in [1.29, 1.82) is 0 Å². The van der Waals surface area contributed by atoms with E-state index >= 15 is 0 Å². The Morgan fingerprint density at radius 3 is 2.82 bits per heavy atom. The number of rotatable bonds is 4. The maximum atomic E-state index is 5.48. The quantitative estimate of drug-likeness (QED) is 0.343. The molecule has 0 aliphatic carbocycles. The van der Waals surface area contributed by atoms with Gasteiger partial charge in [-0.1, -0.05) is 13.8 Å². The maximum Gasteiger partial charge on any atom is 0.208 e. The molecule has 17 heavy (non-hydrogen) atoms. The number of nitrogens with zero attached hydrogens (tertiary/aromatic N) is 4. The Kier molecular flexibility index (Phi) is 4.96. The standard InChI is InChI=1S/C11H22N6/c1-9(2)5-13-11(15-12)16(3)7-10-6-14-17(4)8-10/h6,8-9H,5,7,12H2,1-4H3,(H,13,15). The molecular formula is C11H22N6. The van der Waals surface area contributed by atoms with Gasteiger partial charge in [0.1, 0.15) is 0 Å². The van der Waals surface area contributed by atoms with E-state index in [4.69, 9.17) is 5.84 Å². The second-order valence-electron chi connectivity index (χ2n) is 4.58. The molecule has 0 spiro atoms. The highest BCUT2D eigenvalue weighted by atomic mass is 15.4. The van der Waals surface area contributed by atoms with E-state index in [2.05, 4.69) is 29.4 Å². The summed E-state index contributed by atoms with van der Waals surface area (Å²) in [7, 11) is 3.85. The molecule has 0 aromatic carbocycles. The third-order valence-electron chi connectivity index (χ3n) is 2.27. The lowest BCUT2D eigenvalue weighted by Crippen LogP contribution is -2.42. The zero-order chi connectivity index (χ0) is 12.8. The molecule has 1 aromatic rings. The fourth-order valence-corrected chi connectivity index (χ4v) is 1.45. The summed E-state index contributed by atoms with van der Waals surface area (Å²) < 4.78 is 1.78. The highest BCUT2D eigenvalue weighted by Crippen LogP contribution is 2.02. The second kappa shape index (κ2) is 6.24. The summed E-state index contributed by atoms with van der Waals surface area (Å²) in [4.78, 5) is 6.40. The van der Waals surface area contributed by atoms with Crippen LogP contribution in [0.5, 0.6) is 0 Å². The number of hydrazine groups is 1. The number of aromatic nitrogens is 2. The zero-order valence-electron chi connectivity index (χ0n) is 11.0. The van der Waals surface area contributed by atoms with E-state index in [1.54, 1.807) is 4.68 Å². The van der Waals surface area contributed by atoms with E-state index in [1.807, 2.05) is 31.4 Å². The SMILES string of the molecule is CC(C)CN=C(NN)N(C)Cc1cnn(C)c1. The first-order valence-corrected chi connectivity index (χ1v) is 5.72. The molecule has 0 unspecified atom stereocenters. The Morgan fingerprint density at radius 1 is 1.65 bits per heavy atom. The molecule has 0 aliphatic heterocycles. The van der Waals surface area contributed by atoms with Crippen molar-refractivity contribution in [3.8, 4) is 0 Å². The van der Waals surface area contributed by atoms with Gasteiger partial charge in [-0.3, -0.25) is 15.1 Å². The topological polar surface area (TPSA) is 71.5 Å². The van der Waals surface area contributed by atoms with Crippen LogP contribution < -0.4 is 11.3 Å². The molecule has 1 aromatic heterocycles. The van der Waals surface area contributed by atoms with Crippen molar-refractivity contribution in [2.24, 2.45) is 23.8 Å². The fourth-order valence-electron chi connectivity index (χ4n) is 1.45. The molecule has 1 heterocycles. The van der Waals surface area contributed by atoms with Gasteiger partial charge in [-0.15, -0.1) is 0 Å². The monoisotopic (exact) mass is 238 g/mol. The molecule has 96 valence electrons. The van der Waals surface area contributed by atoms with Gasteiger partial charge in [0.15, 0.2) is 0 Å². The molecule has 6 heteroatoms. The first kappa shape index (κ1) is 13.5. The number of nitrogens with two attached hydrogens (primary N) is 1. The molecule has 0 atom stereocenters. The molecule has 0 radical (unpaired) electrons. The Morgan fingerprint density at radius 2 is 2.35 bits per heavy atom. The lowest BCUT2D eigenvalue weighted by atomic mass is 10.2. The molecule has 0 saturated heterocycles. The Labute approximate surface area is 102 Å². The van der Waals surface area contributed by atoms with Gasteiger partial charge < -0.3 is 4.90 Å². The minimum atomic E-state index is 0.519. The summed E-state index contributed by atoms with van der Waals surface area (Å²) in [6.45, 7) is 5.74. The van der Waals surface area contributed by atoms with Gasteiger partial charge in [-0.2, -0.15) is 5.10 Å². The van der Waals surface area contributed by atoms with Crippen LogP contribution in [0.25, 0.3) is 0 Å². The molecule has 1 rings (SSSR count). The molecular weight excluding hydrogens is 216 g/mol. The third kappa shape index (κ3) is 4.44. The van der Waals surface area contributed by atoms with E-state index < -0.39 is 0 Å². The summed E-state index contributed by atoms with van der Waals surface area (Å²) in [6, 6.07) is 0. The van der Waals surface area contributed by atoms with Crippen LogP contribution in [0, 0.1) is 5.92 Å². The van der Waals surface area contributed by atoms with E-state index in [0.717, 1.165) is 18.7 Å². The second-order valence-corrected chi connectivity index (χ2v) is 4.58. The number of aliphatic imine (C=N–C) groups is 1. The van der Waals surface area contributed by atoms with Crippen LogP contribution in [-0.2, 0) is 13.6 Å². The predicted molar refractivity (Wildman–Crippen MR) is 69.1 cm³/mol. The maximum absolute atomic E-state index is 5.48. The number of nitrogens with one attached hydrogen (secondary N) is 1. The highest BCUT2D eigenvalue weighted by Gasteiger charge is 2.07. The first-order valence-electron chi connectivity index (χ1n) is 5.72. The lowest BCUT2D eigenvalue weighted by molar-refractivity contribution is 0.473. The van der Waals surface area contributed by atoms with Crippen LogP contribution in [0.3, 0.4) is 0 Å². The van der Waals surface area contributed by atoms with E-state index in [-0.39, 0.29) is 0 Å². The van der Waals surface area contributed by atoms with E-state index in [9.17, 15) is 0 Å². The largest absolute Gasteiger partial charge is 0.341 e. The predicted octanol–water partition coefficient (Wildman–Crippen LogP) is 0.327. The Bertz CT molecular complexity index is 368. The van der Waals surface area contributed by atoms with Crippen LogP contribution in [-0.4, -0.2) is 34.2 Å². The van der Waals surface area contributed by atoms with Gasteiger partial charge in [0.2, 0.25) is 5.96 Å². The Hall–Kier alpha value is -1.56. The van der Waals surface area contributed by atoms with Crippen molar-refractivity contribution in [1.82, 2.24) is 20.1 Å². The molecule has 0 fully saturated rings. The molecule has 6 nitrogen and oxygen atoms in total. The van der Waals surface area contributed by atoms with Crippen molar-refractivity contribution in [3.63, 3.8) is 0 Å². The van der Waals surface area contributed by atoms with Crippen molar-refractivity contribution >= 4 is 5.96 Å². The number of hydrogen-bond acceptors (Lipinski definition) is 3. The van der Waals surface area contributed by atoms with Crippen LogP contribution in [0.15, 0.2) is 17.4 Å². The summed E-state index contributed by atoms with van der Waals surface area (Å²) in [6.07, 6.45) is 3.82. The number of guanidine groups is 1.